The highest BCUT2D eigenvalue weighted by atomic mass is 79.9. The Morgan fingerprint density at radius 1 is 1.50 bits per heavy atom. The van der Waals surface area contributed by atoms with E-state index in [1.807, 2.05) is 6.92 Å². The summed E-state index contributed by atoms with van der Waals surface area (Å²) in [4.78, 5) is 2.30. The van der Waals surface area contributed by atoms with Gasteiger partial charge in [-0.3, -0.25) is 0 Å². The fourth-order valence-electron chi connectivity index (χ4n) is 2.35. The molecule has 1 aromatic carbocycles. The van der Waals surface area contributed by atoms with Crippen molar-refractivity contribution in [1.82, 2.24) is 0 Å². The number of halogens is 1. The minimum atomic E-state index is 0.0466. The second-order valence-electron chi connectivity index (χ2n) is 5.00. The van der Waals surface area contributed by atoms with Gasteiger partial charge >= 0.3 is 0 Å². The molecule has 0 aliphatic heterocycles. The Balaban J connectivity index is 2.23. The van der Waals surface area contributed by atoms with Gasteiger partial charge in [-0.15, -0.1) is 0 Å². The molecule has 1 fully saturated rings. The minimum absolute atomic E-state index is 0.0466. The van der Waals surface area contributed by atoms with E-state index in [2.05, 4.69) is 39.0 Å². The Morgan fingerprint density at radius 2 is 2.22 bits per heavy atom. The third-order valence-electron chi connectivity index (χ3n) is 3.66. The predicted molar refractivity (Wildman–Crippen MR) is 78.8 cm³/mol. The number of hydrogen-bond acceptors (Lipinski definition) is 3. The van der Waals surface area contributed by atoms with Gasteiger partial charge in [-0.2, -0.15) is 0 Å². The molecular formula is C14H21BrN2O. The third kappa shape index (κ3) is 2.87. The lowest BCUT2D eigenvalue weighted by atomic mass is 9.91. The molecule has 1 aliphatic rings. The van der Waals surface area contributed by atoms with Gasteiger partial charge in [0, 0.05) is 23.1 Å². The highest BCUT2D eigenvalue weighted by Gasteiger charge is 2.26. The van der Waals surface area contributed by atoms with Crippen LogP contribution in [-0.4, -0.2) is 24.3 Å². The van der Waals surface area contributed by atoms with Crippen LogP contribution in [0.15, 0.2) is 22.7 Å². The van der Waals surface area contributed by atoms with E-state index in [4.69, 9.17) is 5.73 Å². The van der Waals surface area contributed by atoms with Crippen LogP contribution in [0.5, 0.6) is 0 Å². The van der Waals surface area contributed by atoms with Gasteiger partial charge in [0.25, 0.3) is 0 Å². The number of nitrogens with zero attached hydrogens (tertiary/aromatic N) is 1. The number of hydrogen-bond donors (Lipinski definition) is 2. The van der Waals surface area contributed by atoms with Crippen molar-refractivity contribution in [3.8, 4) is 0 Å². The SMILES string of the molecule is C[C@H](N)c1ccc(N(CCO)C2CCC2)c(Br)c1. The fraction of sp³-hybridized carbons (Fsp3) is 0.571. The lowest BCUT2D eigenvalue weighted by Crippen LogP contribution is -2.42. The maximum atomic E-state index is 9.22. The van der Waals surface area contributed by atoms with Crippen LogP contribution >= 0.6 is 15.9 Å². The Bertz CT molecular complexity index is 405. The van der Waals surface area contributed by atoms with Crippen LogP contribution in [0.4, 0.5) is 5.69 Å². The van der Waals surface area contributed by atoms with E-state index in [-0.39, 0.29) is 12.6 Å². The average molecular weight is 313 g/mol. The molecule has 4 heteroatoms. The van der Waals surface area contributed by atoms with E-state index in [1.54, 1.807) is 0 Å². The van der Waals surface area contributed by atoms with Crippen molar-refractivity contribution in [2.24, 2.45) is 5.73 Å². The first-order valence-electron chi connectivity index (χ1n) is 6.56. The van der Waals surface area contributed by atoms with Crippen molar-refractivity contribution in [3.05, 3.63) is 28.2 Å². The summed E-state index contributed by atoms with van der Waals surface area (Å²) in [5.41, 5.74) is 8.18. The van der Waals surface area contributed by atoms with Gasteiger partial charge in [-0.25, -0.2) is 0 Å². The zero-order valence-electron chi connectivity index (χ0n) is 10.8. The van der Waals surface area contributed by atoms with Crippen molar-refractivity contribution >= 4 is 21.6 Å². The van der Waals surface area contributed by atoms with Crippen molar-refractivity contribution < 1.29 is 5.11 Å². The van der Waals surface area contributed by atoms with Gasteiger partial charge < -0.3 is 15.7 Å². The van der Waals surface area contributed by atoms with Crippen LogP contribution in [0.25, 0.3) is 0 Å². The minimum Gasteiger partial charge on any atom is -0.395 e. The van der Waals surface area contributed by atoms with Gasteiger partial charge in [-0.1, -0.05) is 6.07 Å². The first-order chi connectivity index (χ1) is 8.63. The molecule has 0 unspecified atom stereocenters. The van der Waals surface area contributed by atoms with E-state index in [9.17, 15) is 5.11 Å². The maximum absolute atomic E-state index is 9.22. The van der Waals surface area contributed by atoms with Gasteiger partial charge in [0.2, 0.25) is 0 Å². The second kappa shape index (κ2) is 6.04. The van der Waals surface area contributed by atoms with Crippen molar-refractivity contribution in [1.29, 1.82) is 0 Å². The highest BCUT2D eigenvalue weighted by Crippen LogP contribution is 2.35. The molecule has 1 aliphatic carbocycles. The monoisotopic (exact) mass is 312 g/mol. The van der Waals surface area contributed by atoms with Crippen molar-refractivity contribution in [2.75, 3.05) is 18.1 Å². The molecule has 0 radical (unpaired) electrons. The molecule has 100 valence electrons. The molecule has 0 amide bonds. The first-order valence-corrected chi connectivity index (χ1v) is 7.35. The lowest BCUT2D eigenvalue weighted by molar-refractivity contribution is 0.283. The summed E-state index contributed by atoms with van der Waals surface area (Å²) in [6, 6.07) is 6.90. The van der Waals surface area contributed by atoms with Crippen LogP contribution < -0.4 is 10.6 Å². The lowest BCUT2D eigenvalue weighted by Gasteiger charge is -2.39. The van der Waals surface area contributed by atoms with Crippen molar-refractivity contribution in [3.63, 3.8) is 0 Å². The van der Waals surface area contributed by atoms with E-state index in [0.717, 1.165) is 15.7 Å². The largest absolute Gasteiger partial charge is 0.395 e. The maximum Gasteiger partial charge on any atom is 0.0606 e. The summed E-state index contributed by atoms with van der Waals surface area (Å²) in [6.07, 6.45) is 3.74. The summed E-state index contributed by atoms with van der Waals surface area (Å²) >= 11 is 3.63. The van der Waals surface area contributed by atoms with Crippen LogP contribution in [0.3, 0.4) is 0 Å². The third-order valence-corrected chi connectivity index (χ3v) is 4.30. The summed E-state index contributed by atoms with van der Waals surface area (Å²) in [7, 11) is 0. The molecule has 0 saturated heterocycles. The van der Waals surface area contributed by atoms with Crippen molar-refractivity contribution in [2.45, 2.75) is 38.3 Å². The van der Waals surface area contributed by atoms with Gasteiger partial charge in [0.15, 0.2) is 0 Å². The van der Waals surface area contributed by atoms with E-state index in [0.29, 0.717) is 12.6 Å². The molecule has 1 aromatic rings. The molecule has 0 heterocycles. The fourth-order valence-corrected chi connectivity index (χ4v) is 2.97. The molecule has 3 N–H and O–H groups in total. The molecule has 0 aromatic heterocycles. The van der Waals surface area contributed by atoms with E-state index < -0.39 is 0 Å². The van der Waals surface area contributed by atoms with Gasteiger partial charge in [0.1, 0.15) is 0 Å². The summed E-state index contributed by atoms with van der Waals surface area (Å²) in [5.74, 6) is 0. The molecule has 18 heavy (non-hydrogen) atoms. The predicted octanol–water partition coefficient (Wildman–Crippen LogP) is 2.82. The Hall–Kier alpha value is -0.580. The smallest absolute Gasteiger partial charge is 0.0606 e. The summed E-state index contributed by atoms with van der Waals surface area (Å²) < 4.78 is 1.07. The molecule has 2 rings (SSSR count). The molecule has 0 bridgehead atoms. The Morgan fingerprint density at radius 3 is 2.67 bits per heavy atom. The number of benzene rings is 1. The van der Waals surface area contributed by atoms with E-state index in [1.165, 1.54) is 19.3 Å². The molecule has 3 nitrogen and oxygen atoms in total. The molecule has 1 atom stereocenters. The van der Waals surface area contributed by atoms with Crippen LogP contribution in [0.1, 0.15) is 37.8 Å². The summed E-state index contributed by atoms with van der Waals surface area (Å²) in [6.45, 7) is 2.87. The Labute approximate surface area is 117 Å². The van der Waals surface area contributed by atoms with E-state index >= 15 is 0 Å². The molecular weight excluding hydrogens is 292 g/mol. The topological polar surface area (TPSA) is 49.5 Å². The first kappa shape index (κ1) is 13.8. The molecule has 1 saturated carbocycles. The van der Waals surface area contributed by atoms with Crippen LogP contribution in [0.2, 0.25) is 0 Å². The zero-order valence-corrected chi connectivity index (χ0v) is 12.4. The van der Waals surface area contributed by atoms with Crippen LogP contribution in [0, 0.1) is 0 Å². The normalized spacial score (nSPS) is 17.3. The zero-order chi connectivity index (χ0) is 13.1. The van der Waals surface area contributed by atoms with Gasteiger partial charge in [0.05, 0.1) is 12.3 Å². The Kier molecular flexibility index (Phi) is 4.65. The van der Waals surface area contributed by atoms with Crippen LogP contribution in [-0.2, 0) is 0 Å². The number of aliphatic hydroxyl groups excluding tert-OH is 1. The standard InChI is InChI=1S/C14H21BrN2O/c1-10(16)11-5-6-14(13(15)9-11)17(7-8-18)12-3-2-4-12/h5-6,9-10,12,18H,2-4,7-8,16H2,1H3/t10-/m0/s1. The summed E-state index contributed by atoms with van der Waals surface area (Å²) in [5, 5.41) is 9.22. The van der Waals surface area contributed by atoms with Gasteiger partial charge in [-0.05, 0) is 59.8 Å². The quantitative estimate of drug-likeness (QED) is 0.879. The average Bonchev–Trinajstić information content (AvgIpc) is 2.26. The highest BCUT2D eigenvalue weighted by molar-refractivity contribution is 9.10. The number of aliphatic hydroxyl groups is 1. The number of anilines is 1. The number of nitrogens with two attached hydrogens (primary N) is 1. The molecule has 0 spiro atoms. The second-order valence-corrected chi connectivity index (χ2v) is 5.86. The number of rotatable bonds is 5.